The summed E-state index contributed by atoms with van der Waals surface area (Å²) in [6.07, 6.45) is 1.69. The number of nitrogens with two attached hydrogens (primary N) is 4. The second-order valence-corrected chi connectivity index (χ2v) is 9.36. The van der Waals surface area contributed by atoms with E-state index in [2.05, 4.69) is 38.6 Å². The van der Waals surface area contributed by atoms with E-state index in [-0.39, 0.29) is 31.1 Å². The summed E-state index contributed by atoms with van der Waals surface area (Å²) < 4.78 is 0. The van der Waals surface area contributed by atoms with Crippen molar-refractivity contribution >= 4 is 59.1 Å². The summed E-state index contributed by atoms with van der Waals surface area (Å²) >= 11 is 4.06. The maximum atomic E-state index is 13.1. The Balaban J connectivity index is 2.11. The number of carbonyl (C=O) groups is 5. The van der Waals surface area contributed by atoms with Crippen molar-refractivity contribution in [3.63, 3.8) is 0 Å². The molecule has 1 aromatic heterocycles. The standard InChI is InChI=1S/C24H35N9O6S/c25-14(8-12-10-30-15-5-2-1-4-13(12)15)20(35)31-16(6-3-7-29-24(27)28)21(36)33-18(11-40)22(37)32-17(23(38)39)9-19(26)34/h1-2,4-5,10,14,16-18,30,40H,3,6-9,11,25H2,(H2,26,34)(H,31,35)(H,32,37)(H,33,36)(H,38,39)(H4,27,28,29). The van der Waals surface area contributed by atoms with E-state index < -0.39 is 60.2 Å². The zero-order valence-electron chi connectivity index (χ0n) is 21.6. The number of carbonyl (C=O) groups excluding carboxylic acids is 4. The van der Waals surface area contributed by atoms with Crippen LogP contribution in [0, 0.1) is 0 Å². The SMILES string of the molecule is NC(=O)CC(NC(=O)C(CS)NC(=O)C(CCCN=C(N)N)NC(=O)C(N)Cc1c[nH]c2ccccc12)C(=O)O. The molecule has 15 nitrogen and oxygen atoms in total. The monoisotopic (exact) mass is 577 g/mol. The molecule has 0 fully saturated rings. The maximum Gasteiger partial charge on any atom is 0.326 e. The molecule has 0 bridgehead atoms. The molecule has 218 valence electrons. The van der Waals surface area contributed by atoms with E-state index >= 15 is 0 Å². The second-order valence-electron chi connectivity index (χ2n) is 8.99. The zero-order chi connectivity index (χ0) is 29.8. The Bertz CT molecular complexity index is 1250. The minimum atomic E-state index is -1.60. The molecule has 0 radical (unpaired) electrons. The first kappa shape index (κ1) is 31.9. The van der Waals surface area contributed by atoms with Crippen LogP contribution in [0.1, 0.15) is 24.8 Å². The normalized spacial score (nSPS) is 13.8. The van der Waals surface area contributed by atoms with Gasteiger partial charge in [0.1, 0.15) is 18.1 Å². The van der Waals surface area contributed by atoms with Gasteiger partial charge in [0.05, 0.1) is 12.5 Å². The van der Waals surface area contributed by atoms with E-state index in [0.29, 0.717) is 6.42 Å². The highest BCUT2D eigenvalue weighted by molar-refractivity contribution is 7.80. The fraction of sp³-hybridized carbons (Fsp3) is 0.417. The van der Waals surface area contributed by atoms with Gasteiger partial charge in [-0.2, -0.15) is 12.6 Å². The van der Waals surface area contributed by atoms with Crippen molar-refractivity contribution < 1.29 is 29.1 Å². The van der Waals surface area contributed by atoms with Gasteiger partial charge in [-0.05, 0) is 30.9 Å². The summed E-state index contributed by atoms with van der Waals surface area (Å²) in [5.41, 5.74) is 23.6. The number of hydrogen-bond donors (Lipinski definition) is 10. The Labute approximate surface area is 235 Å². The first-order chi connectivity index (χ1) is 18.9. The van der Waals surface area contributed by atoms with Gasteiger partial charge in [-0.1, -0.05) is 18.2 Å². The third kappa shape index (κ3) is 9.77. The van der Waals surface area contributed by atoms with Crippen LogP contribution >= 0.6 is 12.6 Å². The van der Waals surface area contributed by atoms with Gasteiger partial charge in [0.2, 0.25) is 23.6 Å². The van der Waals surface area contributed by atoms with Crippen molar-refractivity contribution in [3.05, 3.63) is 36.0 Å². The van der Waals surface area contributed by atoms with Gasteiger partial charge in [0.15, 0.2) is 5.96 Å². The van der Waals surface area contributed by atoms with Crippen molar-refractivity contribution in [3.8, 4) is 0 Å². The van der Waals surface area contributed by atoms with Gasteiger partial charge in [0.25, 0.3) is 0 Å². The van der Waals surface area contributed by atoms with E-state index in [0.717, 1.165) is 16.5 Å². The van der Waals surface area contributed by atoms with E-state index in [1.54, 1.807) is 6.20 Å². The van der Waals surface area contributed by atoms with E-state index in [4.69, 9.17) is 22.9 Å². The number of rotatable bonds is 16. The van der Waals surface area contributed by atoms with Gasteiger partial charge in [-0.25, -0.2) is 4.79 Å². The van der Waals surface area contributed by atoms with Crippen molar-refractivity contribution in [2.45, 2.75) is 49.9 Å². The Kier molecular flexibility index (Phi) is 12.2. The Hall–Kier alpha value is -4.31. The molecule has 4 unspecified atom stereocenters. The lowest BCUT2D eigenvalue weighted by Crippen LogP contribution is -2.58. The molecule has 1 heterocycles. The molecule has 4 atom stereocenters. The number of benzene rings is 1. The number of carboxylic acids is 1. The van der Waals surface area contributed by atoms with Crippen LogP contribution in [0.3, 0.4) is 0 Å². The van der Waals surface area contributed by atoms with Crippen LogP contribution in [-0.4, -0.2) is 82.1 Å². The van der Waals surface area contributed by atoms with Crippen LogP contribution in [0.2, 0.25) is 0 Å². The van der Waals surface area contributed by atoms with Crippen LogP contribution in [0.15, 0.2) is 35.5 Å². The van der Waals surface area contributed by atoms with E-state index in [9.17, 15) is 29.1 Å². The number of aromatic nitrogens is 1. The topological polar surface area (TPSA) is 274 Å². The predicted molar refractivity (Wildman–Crippen MR) is 151 cm³/mol. The number of aromatic amines is 1. The lowest BCUT2D eigenvalue weighted by molar-refractivity contribution is -0.143. The average Bonchev–Trinajstić information content (AvgIpc) is 3.30. The number of H-pyrrole nitrogens is 1. The average molecular weight is 578 g/mol. The molecule has 0 saturated carbocycles. The number of aliphatic imine (C=N–C) groups is 1. The number of nitrogens with one attached hydrogen (secondary N) is 4. The number of para-hydroxylation sites is 1. The molecule has 1 aromatic carbocycles. The fourth-order valence-electron chi connectivity index (χ4n) is 3.82. The molecule has 0 aliphatic carbocycles. The summed E-state index contributed by atoms with van der Waals surface area (Å²) in [6, 6.07) is 2.51. The first-order valence-corrected chi connectivity index (χ1v) is 12.9. The third-order valence-corrected chi connectivity index (χ3v) is 6.23. The number of thiol groups is 1. The molecule has 0 spiro atoms. The van der Waals surface area contributed by atoms with Crippen LogP contribution in [-0.2, 0) is 30.4 Å². The number of nitrogens with zero attached hydrogens (tertiary/aromatic N) is 1. The number of amides is 4. The van der Waals surface area contributed by atoms with Gasteiger partial charge < -0.3 is 49.0 Å². The van der Waals surface area contributed by atoms with Crippen LogP contribution in [0.25, 0.3) is 10.9 Å². The highest BCUT2D eigenvalue weighted by Crippen LogP contribution is 2.18. The minimum Gasteiger partial charge on any atom is -0.480 e. The van der Waals surface area contributed by atoms with Crippen molar-refractivity contribution in [2.24, 2.45) is 27.9 Å². The van der Waals surface area contributed by atoms with Gasteiger partial charge in [-0.3, -0.25) is 24.2 Å². The van der Waals surface area contributed by atoms with Gasteiger partial charge in [-0.15, -0.1) is 0 Å². The van der Waals surface area contributed by atoms with Crippen molar-refractivity contribution in [1.29, 1.82) is 0 Å². The molecule has 16 heteroatoms. The third-order valence-electron chi connectivity index (χ3n) is 5.87. The summed E-state index contributed by atoms with van der Waals surface area (Å²) in [4.78, 5) is 68.2. The Morgan fingerprint density at radius 2 is 1.57 bits per heavy atom. The fourth-order valence-corrected chi connectivity index (χ4v) is 4.08. The molecule has 40 heavy (non-hydrogen) atoms. The maximum absolute atomic E-state index is 13.1. The number of hydrogen-bond acceptors (Lipinski definition) is 8. The number of aliphatic carboxylic acids is 1. The van der Waals surface area contributed by atoms with Gasteiger partial charge >= 0.3 is 5.97 Å². The molecule has 4 amide bonds. The van der Waals surface area contributed by atoms with Crippen molar-refractivity contribution in [1.82, 2.24) is 20.9 Å². The van der Waals surface area contributed by atoms with Crippen LogP contribution in [0.5, 0.6) is 0 Å². The summed E-state index contributed by atoms with van der Waals surface area (Å²) in [7, 11) is 0. The summed E-state index contributed by atoms with van der Waals surface area (Å²) in [5, 5.41) is 17.4. The highest BCUT2D eigenvalue weighted by atomic mass is 32.1. The van der Waals surface area contributed by atoms with Crippen molar-refractivity contribution in [2.75, 3.05) is 12.3 Å². The van der Waals surface area contributed by atoms with Crippen LogP contribution in [0.4, 0.5) is 0 Å². The number of fused-ring (bicyclic) bond motifs is 1. The lowest BCUT2D eigenvalue weighted by Gasteiger charge is -2.24. The Morgan fingerprint density at radius 1 is 0.950 bits per heavy atom. The van der Waals surface area contributed by atoms with E-state index in [1.807, 2.05) is 24.3 Å². The molecule has 13 N–H and O–H groups in total. The molecule has 0 aliphatic rings. The number of carboxylic acid groups (broad SMARTS) is 1. The molecule has 2 aromatic rings. The number of guanidine groups is 1. The Morgan fingerprint density at radius 3 is 2.20 bits per heavy atom. The molecule has 0 saturated heterocycles. The minimum absolute atomic E-state index is 0.0918. The second kappa shape index (κ2) is 15.3. The number of primary amides is 1. The molecule has 2 rings (SSSR count). The van der Waals surface area contributed by atoms with Gasteiger partial charge in [0, 0.05) is 29.4 Å². The first-order valence-electron chi connectivity index (χ1n) is 12.3. The van der Waals surface area contributed by atoms with E-state index in [1.165, 1.54) is 0 Å². The largest absolute Gasteiger partial charge is 0.480 e. The highest BCUT2D eigenvalue weighted by Gasteiger charge is 2.30. The smallest absolute Gasteiger partial charge is 0.326 e. The zero-order valence-corrected chi connectivity index (χ0v) is 22.5. The quantitative estimate of drug-likeness (QED) is 0.0434. The molecular formula is C24H35N9O6S. The lowest BCUT2D eigenvalue weighted by atomic mass is 10.0. The molecular weight excluding hydrogens is 542 g/mol. The summed E-state index contributed by atoms with van der Waals surface area (Å²) in [5.74, 6) is -5.02. The predicted octanol–water partition coefficient (Wildman–Crippen LogP) is -2.56. The molecule has 0 aliphatic heterocycles. The summed E-state index contributed by atoms with van der Waals surface area (Å²) in [6.45, 7) is 0.174. The van der Waals surface area contributed by atoms with Crippen LogP contribution < -0.4 is 38.9 Å².